The lowest BCUT2D eigenvalue weighted by molar-refractivity contribution is -0.432. The molecule has 0 unspecified atom stereocenters. The molecule has 0 aliphatic heterocycles. The van der Waals surface area contributed by atoms with Gasteiger partial charge in [-0.05, 0) is 0 Å². The smallest absolute Gasteiger partial charge is 0.233 e. The fourth-order valence-corrected chi connectivity index (χ4v) is 0.656. The molecule has 1 amide bonds. The van der Waals surface area contributed by atoms with E-state index in [-0.39, 0.29) is 12.5 Å². The summed E-state index contributed by atoms with van der Waals surface area (Å²) in [4.78, 5) is 10.5. The van der Waals surface area contributed by atoms with Crippen molar-refractivity contribution in [2.75, 3.05) is 18.8 Å². The molecule has 0 saturated carbocycles. The van der Waals surface area contributed by atoms with Crippen molar-refractivity contribution in [1.29, 1.82) is 0 Å². The number of nitrogens with one attached hydrogen (secondary N) is 1. The highest BCUT2D eigenvalue weighted by atomic mass is 32.2. The van der Waals surface area contributed by atoms with Crippen molar-refractivity contribution >= 4 is 17.9 Å². The third-order valence-corrected chi connectivity index (χ3v) is 1.30. The van der Waals surface area contributed by atoms with Crippen molar-refractivity contribution in [3.8, 4) is 0 Å². The summed E-state index contributed by atoms with van der Waals surface area (Å²) >= 11 is 0.878. The van der Waals surface area contributed by atoms with Crippen molar-refractivity contribution in [3.63, 3.8) is 0 Å². The van der Waals surface area contributed by atoms with E-state index < -0.39 is 0 Å². The molecule has 0 heterocycles. The quantitative estimate of drug-likeness (QED) is 0.214. The summed E-state index contributed by atoms with van der Waals surface area (Å²) in [6.07, 6.45) is 0. The van der Waals surface area contributed by atoms with Crippen LogP contribution in [0, 0.1) is 0 Å². The Kier molecular flexibility index (Phi) is 7.52. The molecule has 0 aliphatic rings. The molecular formula is C4H10N2O4S. The molecule has 0 aromatic rings. The molecule has 6 nitrogen and oxygen atoms in total. The Hall–Kier alpha value is -0.340. The summed E-state index contributed by atoms with van der Waals surface area (Å²) in [7, 11) is 0. The molecule has 7 heteroatoms. The molecule has 0 aromatic carbocycles. The van der Waals surface area contributed by atoms with E-state index in [9.17, 15) is 4.79 Å². The Balaban J connectivity index is 2.95. The van der Waals surface area contributed by atoms with E-state index in [0.717, 1.165) is 12.0 Å². The normalized spacial score (nSPS) is 9.64. The van der Waals surface area contributed by atoms with Gasteiger partial charge in [-0.1, -0.05) is 5.04 Å². The van der Waals surface area contributed by atoms with Crippen LogP contribution < -0.4 is 11.1 Å². The van der Waals surface area contributed by atoms with Crippen LogP contribution in [-0.4, -0.2) is 30.0 Å². The molecule has 0 aromatic heterocycles. The Morgan fingerprint density at radius 2 is 2.45 bits per heavy atom. The fraction of sp³-hybridized carbons (Fsp3) is 0.750. The first-order valence-electron chi connectivity index (χ1n) is 2.87. The number of hydrogen-bond acceptors (Lipinski definition) is 6. The van der Waals surface area contributed by atoms with Crippen LogP contribution in [0.1, 0.15) is 0 Å². The third kappa shape index (κ3) is 7.56. The molecule has 0 spiro atoms. The largest absolute Gasteiger partial charge is 0.354 e. The van der Waals surface area contributed by atoms with Gasteiger partial charge in [0.2, 0.25) is 5.91 Å². The minimum Gasteiger partial charge on any atom is -0.354 e. The standard InChI is InChI=1S/C4H10N2O4S/c5-3-4(7)6-1-2-11-10-9-8/h8H,1-3,5H2,(H,6,7). The number of carbonyl (C=O) groups excluding carboxylic acids is 1. The van der Waals surface area contributed by atoms with Gasteiger partial charge in [-0.15, -0.1) is 4.33 Å². The van der Waals surface area contributed by atoms with Gasteiger partial charge in [0.15, 0.2) is 0 Å². The summed E-state index contributed by atoms with van der Waals surface area (Å²) in [5, 5.41) is 13.5. The fourth-order valence-electron chi connectivity index (χ4n) is 0.360. The molecule has 11 heavy (non-hydrogen) atoms. The molecule has 0 saturated heterocycles. The Morgan fingerprint density at radius 3 is 3.00 bits per heavy atom. The van der Waals surface area contributed by atoms with Crippen molar-refractivity contribution in [1.82, 2.24) is 5.32 Å². The average molecular weight is 182 g/mol. The number of nitrogens with two attached hydrogens (primary N) is 1. The molecule has 0 bridgehead atoms. The van der Waals surface area contributed by atoms with Crippen LogP contribution in [-0.2, 0) is 14.2 Å². The van der Waals surface area contributed by atoms with Crippen LogP contribution >= 0.6 is 12.0 Å². The van der Waals surface area contributed by atoms with Gasteiger partial charge in [0.25, 0.3) is 0 Å². The van der Waals surface area contributed by atoms with Crippen LogP contribution in [0.4, 0.5) is 0 Å². The second-order valence-electron chi connectivity index (χ2n) is 1.52. The molecule has 0 rings (SSSR count). The highest BCUT2D eigenvalue weighted by Gasteiger charge is 1.95. The molecular weight excluding hydrogens is 172 g/mol. The molecule has 0 atom stereocenters. The van der Waals surface area contributed by atoms with E-state index in [1.807, 2.05) is 0 Å². The monoisotopic (exact) mass is 182 g/mol. The first-order valence-corrected chi connectivity index (χ1v) is 3.78. The maximum absolute atomic E-state index is 10.5. The predicted molar refractivity (Wildman–Crippen MR) is 39.3 cm³/mol. The van der Waals surface area contributed by atoms with E-state index in [1.165, 1.54) is 0 Å². The summed E-state index contributed by atoms with van der Waals surface area (Å²) < 4.78 is 4.04. The molecule has 0 radical (unpaired) electrons. The van der Waals surface area contributed by atoms with Crippen LogP contribution in [0.15, 0.2) is 0 Å². The van der Waals surface area contributed by atoms with Gasteiger partial charge in [0.1, 0.15) is 0 Å². The lowest BCUT2D eigenvalue weighted by Gasteiger charge is -2.00. The molecule has 4 N–H and O–H groups in total. The molecule has 0 aliphatic carbocycles. The maximum atomic E-state index is 10.5. The maximum Gasteiger partial charge on any atom is 0.233 e. The number of amides is 1. The average Bonchev–Trinajstić information content (AvgIpc) is 2.04. The van der Waals surface area contributed by atoms with Crippen LogP contribution in [0.5, 0.6) is 0 Å². The van der Waals surface area contributed by atoms with Gasteiger partial charge in [-0.3, -0.25) is 4.79 Å². The van der Waals surface area contributed by atoms with Crippen molar-refractivity contribution in [3.05, 3.63) is 0 Å². The van der Waals surface area contributed by atoms with E-state index in [4.69, 9.17) is 11.0 Å². The van der Waals surface area contributed by atoms with E-state index in [1.54, 1.807) is 0 Å². The van der Waals surface area contributed by atoms with Gasteiger partial charge >= 0.3 is 0 Å². The lowest BCUT2D eigenvalue weighted by atomic mass is 10.6. The Labute approximate surface area is 68.1 Å². The highest BCUT2D eigenvalue weighted by molar-refractivity contribution is 7.94. The van der Waals surface area contributed by atoms with E-state index >= 15 is 0 Å². The predicted octanol–water partition coefficient (Wildman–Crippen LogP) is -0.869. The number of carbonyl (C=O) groups is 1. The summed E-state index contributed by atoms with van der Waals surface area (Å²) in [6.45, 7) is 0.395. The first-order chi connectivity index (χ1) is 5.31. The van der Waals surface area contributed by atoms with Crippen LogP contribution in [0.2, 0.25) is 0 Å². The SMILES string of the molecule is NCC(=O)NCCSOOO. The van der Waals surface area contributed by atoms with Gasteiger partial charge in [-0.2, -0.15) is 0 Å². The second kappa shape index (κ2) is 7.76. The van der Waals surface area contributed by atoms with Crippen molar-refractivity contribution in [2.45, 2.75) is 0 Å². The summed E-state index contributed by atoms with van der Waals surface area (Å²) in [6, 6.07) is 0. The molecule has 66 valence electrons. The minimum absolute atomic E-state index is 0.0258. The van der Waals surface area contributed by atoms with Crippen molar-refractivity contribution in [2.24, 2.45) is 5.73 Å². The second-order valence-corrected chi connectivity index (χ2v) is 2.30. The van der Waals surface area contributed by atoms with E-state index in [0.29, 0.717) is 12.3 Å². The lowest BCUT2D eigenvalue weighted by Crippen LogP contribution is -2.31. The summed E-state index contributed by atoms with van der Waals surface area (Å²) in [5.74, 6) is 0.252. The summed E-state index contributed by atoms with van der Waals surface area (Å²) in [5.41, 5.74) is 5.00. The van der Waals surface area contributed by atoms with Crippen LogP contribution in [0.3, 0.4) is 0 Å². The van der Waals surface area contributed by atoms with Crippen molar-refractivity contribution < 1.29 is 19.4 Å². The zero-order valence-electron chi connectivity index (χ0n) is 5.78. The Morgan fingerprint density at radius 1 is 1.73 bits per heavy atom. The molecule has 0 fully saturated rings. The van der Waals surface area contributed by atoms with Gasteiger partial charge < -0.3 is 11.1 Å². The number of rotatable bonds is 6. The zero-order chi connectivity index (χ0) is 8.53. The minimum atomic E-state index is -0.226. The Bertz CT molecular complexity index is 112. The third-order valence-electron chi connectivity index (χ3n) is 0.772. The van der Waals surface area contributed by atoms with Gasteiger partial charge in [-0.25, -0.2) is 5.26 Å². The van der Waals surface area contributed by atoms with Gasteiger partial charge in [0, 0.05) is 24.3 Å². The van der Waals surface area contributed by atoms with Crippen LogP contribution in [0.25, 0.3) is 0 Å². The highest BCUT2D eigenvalue weighted by Crippen LogP contribution is 1.98. The first kappa shape index (κ1) is 10.7. The van der Waals surface area contributed by atoms with E-state index in [2.05, 4.69) is 14.7 Å². The number of hydrogen-bond donors (Lipinski definition) is 3. The van der Waals surface area contributed by atoms with Gasteiger partial charge in [0.05, 0.1) is 6.54 Å². The zero-order valence-corrected chi connectivity index (χ0v) is 6.60. The topological polar surface area (TPSA) is 93.8 Å².